The van der Waals surface area contributed by atoms with Gasteiger partial charge in [-0.1, -0.05) is 50.1 Å². The molecule has 2 N–H and O–H groups in total. The Morgan fingerprint density at radius 2 is 1.85 bits per heavy atom. The molecule has 2 fully saturated rings. The van der Waals surface area contributed by atoms with Gasteiger partial charge in [-0.3, -0.25) is 14.5 Å². The van der Waals surface area contributed by atoms with Crippen LogP contribution in [0.2, 0.25) is 0 Å². The summed E-state index contributed by atoms with van der Waals surface area (Å²) in [6.45, 7) is 3.17. The van der Waals surface area contributed by atoms with Gasteiger partial charge in [-0.05, 0) is 24.0 Å². The third kappa shape index (κ3) is 3.47. The second-order valence-corrected chi connectivity index (χ2v) is 6.82. The van der Waals surface area contributed by atoms with Crippen molar-refractivity contribution in [3.63, 3.8) is 0 Å². The molecule has 1 heterocycles. The van der Waals surface area contributed by atoms with Gasteiger partial charge in [-0.25, -0.2) is 9.18 Å². The lowest BCUT2D eigenvalue weighted by Gasteiger charge is -2.30. The van der Waals surface area contributed by atoms with Gasteiger partial charge in [0.15, 0.2) is 5.83 Å². The zero-order valence-corrected chi connectivity index (χ0v) is 14.5. The van der Waals surface area contributed by atoms with Crippen LogP contribution in [0.15, 0.2) is 36.7 Å². The van der Waals surface area contributed by atoms with Crippen molar-refractivity contribution in [1.82, 2.24) is 15.5 Å². The Balaban J connectivity index is 1.74. The highest BCUT2D eigenvalue weighted by atomic mass is 19.1. The summed E-state index contributed by atoms with van der Waals surface area (Å²) in [4.78, 5) is 37.9. The number of hydrogen-bond acceptors (Lipinski definition) is 3. The van der Waals surface area contributed by atoms with Gasteiger partial charge in [0.2, 0.25) is 0 Å². The van der Waals surface area contributed by atoms with E-state index in [9.17, 15) is 18.8 Å². The standard InChI is InChI=1S/C19H22FN3O3/c1-13(20)16(24)21-11-14-7-3-4-8-15(14)12-23-17(25)19(22-18(23)26)9-5-2-6-10-19/h3-4,7-8H,1-2,5-6,9-12H2,(H,21,24)(H,22,26). The number of amides is 4. The number of urea groups is 1. The van der Waals surface area contributed by atoms with Crippen molar-refractivity contribution in [2.24, 2.45) is 0 Å². The molecule has 1 aliphatic carbocycles. The van der Waals surface area contributed by atoms with Crippen molar-refractivity contribution in [1.29, 1.82) is 0 Å². The van der Waals surface area contributed by atoms with E-state index >= 15 is 0 Å². The molecule has 0 bridgehead atoms. The first-order valence-electron chi connectivity index (χ1n) is 8.76. The summed E-state index contributed by atoms with van der Waals surface area (Å²) in [5.41, 5.74) is 0.686. The van der Waals surface area contributed by atoms with Crippen LogP contribution < -0.4 is 10.6 Å². The SMILES string of the molecule is C=C(F)C(=O)NCc1ccccc1CN1C(=O)NC2(CCCCC2)C1=O. The largest absolute Gasteiger partial charge is 0.346 e. The number of halogens is 1. The molecule has 3 rings (SSSR count). The summed E-state index contributed by atoms with van der Waals surface area (Å²) in [7, 11) is 0. The fourth-order valence-corrected chi connectivity index (χ4v) is 3.64. The third-order valence-electron chi connectivity index (χ3n) is 5.09. The summed E-state index contributed by atoms with van der Waals surface area (Å²) < 4.78 is 12.8. The normalized spacial score (nSPS) is 18.7. The lowest BCUT2D eigenvalue weighted by Crippen LogP contribution is -2.48. The van der Waals surface area contributed by atoms with Gasteiger partial charge in [-0.15, -0.1) is 0 Å². The van der Waals surface area contributed by atoms with Crippen LogP contribution in [0, 0.1) is 0 Å². The smallest absolute Gasteiger partial charge is 0.325 e. The molecular weight excluding hydrogens is 337 g/mol. The second kappa shape index (κ2) is 7.27. The first-order chi connectivity index (χ1) is 12.4. The molecule has 7 heteroatoms. The minimum absolute atomic E-state index is 0.0900. The zero-order valence-electron chi connectivity index (χ0n) is 14.5. The average Bonchev–Trinajstić information content (AvgIpc) is 2.85. The number of hydrogen-bond donors (Lipinski definition) is 2. The van der Waals surface area contributed by atoms with Crippen molar-refractivity contribution < 1.29 is 18.8 Å². The van der Waals surface area contributed by atoms with E-state index in [-0.39, 0.29) is 25.0 Å². The van der Waals surface area contributed by atoms with Gasteiger partial charge in [0.05, 0.1) is 6.54 Å². The van der Waals surface area contributed by atoms with Crippen molar-refractivity contribution >= 4 is 17.8 Å². The Labute approximate surface area is 151 Å². The maximum Gasteiger partial charge on any atom is 0.325 e. The van der Waals surface area contributed by atoms with Crippen LogP contribution >= 0.6 is 0 Å². The van der Waals surface area contributed by atoms with Crippen molar-refractivity contribution in [3.05, 3.63) is 47.8 Å². The molecule has 0 radical (unpaired) electrons. The lowest BCUT2D eigenvalue weighted by atomic mass is 9.81. The van der Waals surface area contributed by atoms with E-state index in [1.54, 1.807) is 24.3 Å². The predicted octanol–water partition coefficient (Wildman–Crippen LogP) is 2.54. The summed E-state index contributed by atoms with van der Waals surface area (Å²) in [6.07, 6.45) is 4.27. The number of carbonyl (C=O) groups excluding carboxylic acids is 3. The molecule has 1 spiro atoms. The average molecular weight is 359 g/mol. The maximum atomic E-state index is 12.9. The van der Waals surface area contributed by atoms with Gasteiger partial charge in [0.1, 0.15) is 5.54 Å². The molecule has 1 saturated carbocycles. The van der Waals surface area contributed by atoms with E-state index in [1.807, 2.05) is 0 Å². The molecule has 1 saturated heterocycles. The quantitative estimate of drug-likeness (QED) is 0.626. The first kappa shape index (κ1) is 18.1. The summed E-state index contributed by atoms with van der Waals surface area (Å²) in [5, 5.41) is 5.31. The van der Waals surface area contributed by atoms with E-state index in [4.69, 9.17) is 0 Å². The molecule has 4 amide bonds. The van der Waals surface area contributed by atoms with Gasteiger partial charge in [0.25, 0.3) is 11.8 Å². The molecule has 1 aromatic rings. The van der Waals surface area contributed by atoms with E-state index in [1.165, 1.54) is 4.90 Å². The number of imide groups is 1. The van der Waals surface area contributed by atoms with Crippen LogP contribution in [0.25, 0.3) is 0 Å². The Bertz CT molecular complexity index is 756. The topological polar surface area (TPSA) is 78.5 Å². The summed E-state index contributed by atoms with van der Waals surface area (Å²) in [5.74, 6) is -2.12. The fraction of sp³-hybridized carbons (Fsp3) is 0.421. The number of benzene rings is 1. The van der Waals surface area contributed by atoms with Crippen LogP contribution in [-0.2, 0) is 22.7 Å². The molecule has 1 aliphatic heterocycles. The van der Waals surface area contributed by atoms with E-state index < -0.39 is 17.3 Å². The Morgan fingerprint density at radius 1 is 1.19 bits per heavy atom. The highest BCUT2D eigenvalue weighted by molar-refractivity contribution is 6.07. The van der Waals surface area contributed by atoms with E-state index in [2.05, 4.69) is 17.2 Å². The number of nitrogens with one attached hydrogen (secondary N) is 2. The van der Waals surface area contributed by atoms with Gasteiger partial charge < -0.3 is 10.6 Å². The van der Waals surface area contributed by atoms with Gasteiger partial charge in [0, 0.05) is 6.54 Å². The molecule has 26 heavy (non-hydrogen) atoms. The van der Waals surface area contributed by atoms with Crippen LogP contribution in [0.1, 0.15) is 43.2 Å². The van der Waals surface area contributed by atoms with E-state index in [0.29, 0.717) is 18.4 Å². The number of rotatable bonds is 5. The Kier molecular flexibility index (Phi) is 5.06. The third-order valence-corrected chi connectivity index (χ3v) is 5.09. The fourth-order valence-electron chi connectivity index (χ4n) is 3.64. The Morgan fingerprint density at radius 3 is 2.50 bits per heavy atom. The van der Waals surface area contributed by atoms with Crippen molar-refractivity contribution in [2.75, 3.05) is 0 Å². The highest BCUT2D eigenvalue weighted by Gasteiger charge is 2.51. The highest BCUT2D eigenvalue weighted by Crippen LogP contribution is 2.34. The Hall–Kier alpha value is -2.70. The first-order valence-corrected chi connectivity index (χ1v) is 8.76. The number of carbonyl (C=O) groups is 3. The van der Waals surface area contributed by atoms with Crippen LogP contribution in [-0.4, -0.2) is 28.3 Å². The minimum atomic E-state index is -1.06. The molecule has 138 valence electrons. The van der Waals surface area contributed by atoms with Crippen LogP contribution in [0.3, 0.4) is 0 Å². The van der Waals surface area contributed by atoms with Crippen LogP contribution in [0.5, 0.6) is 0 Å². The predicted molar refractivity (Wildman–Crippen MR) is 93.4 cm³/mol. The summed E-state index contributed by atoms with van der Waals surface area (Å²) >= 11 is 0. The maximum absolute atomic E-state index is 12.9. The zero-order chi connectivity index (χ0) is 18.7. The minimum Gasteiger partial charge on any atom is -0.346 e. The summed E-state index contributed by atoms with van der Waals surface area (Å²) in [6, 6.07) is 6.75. The molecular formula is C19H22FN3O3. The second-order valence-electron chi connectivity index (χ2n) is 6.82. The molecule has 0 aromatic heterocycles. The van der Waals surface area contributed by atoms with Crippen molar-refractivity contribution in [3.8, 4) is 0 Å². The van der Waals surface area contributed by atoms with E-state index in [0.717, 1.165) is 24.8 Å². The monoisotopic (exact) mass is 359 g/mol. The van der Waals surface area contributed by atoms with Gasteiger partial charge >= 0.3 is 6.03 Å². The molecule has 0 unspecified atom stereocenters. The number of nitrogens with zero attached hydrogens (tertiary/aromatic N) is 1. The molecule has 1 aromatic carbocycles. The van der Waals surface area contributed by atoms with Crippen LogP contribution in [0.4, 0.5) is 9.18 Å². The van der Waals surface area contributed by atoms with Crippen molar-refractivity contribution in [2.45, 2.75) is 50.7 Å². The molecule has 2 aliphatic rings. The van der Waals surface area contributed by atoms with Gasteiger partial charge in [-0.2, -0.15) is 0 Å². The molecule has 0 atom stereocenters. The lowest BCUT2D eigenvalue weighted by molar-refractivity contribution is -0.132. The molecule has 6 nitrogen and oxygen atoms in total.